The van der Waals surface area contributed by atoms with Crippen molar-refractivity contribution < 1.29 is 19.1 Å². The zero-order chi connectivity index (χ0) is 23.4. The molecule has 0 saturated carbocycles. The monoisotopic (exact) mass is 522 g/mol. The molecular formula is C25H19BrN2O4S. The Bertz CT molecular complexity index is 1260. The van der Waals surface area contributed by atoms with Gasteiger partial charge in [0.1, 0.15) is 12.2 Å². The Balaban J connectivity index is 1.60. The van der Waals surface area contributed by atoms with E-state index >= 15 is 0 Å². The number of ether oxygens (including phenoxy) is 2. The molecule has 1 fully saturated rings. The summed E-state index contributed by atoms with van der Waals surface area (Å²) < 4.78 is 12.1. The van der Waals surface area contributed by atoms with Crippen LogP contribution in [0.3, 0.4) is 0 Å². The Hall–Kier alpha value is -3.49. The number of thiocarbonyl (C=S) groups is 1. The fourth-order valence-electron chi connectivity index (χ4n) is 3.30. The molecule has 1 saturated heterocycles. The second kappa shape index (κ2) is 9.97. The molecule has 6 nitrogen and oxygen atoms in total. The summed E-state index contributed by atoms with van der Waals surface area (Å²) >= 11 is 8.63. The quantitative estimate of drug-likeness (QED) is 0.284. The van der Waals surface area contributed by atoms with E-state index in [1.54, 1.807) is 36.4 Å². The number of anilines is 1. The van der Waals surface area contributed by atoms with Crippen LogP contribution in [0, 0.1) is 0 Å². The number of carbonyl (C=O) groups excluding carboxylic acids is 2. The lowest BCUT2D eigenvalue weighted by Gasteiger charge is -2.29. The van der Waals surface area contributed by atoms with Crippen molar-refractivity contribution in [1.29, 1.82) is 0 Å². The van der Waals surface area contributed by atoms with Crippen LogP contribution in [-0.4, -0.2) is 24.0 Å². The van der Waals surface area contributed by atoms with Crippen LogP contribution in [0.2, 0.25) is 0 Å². The Morgan fingerprint density at radius 2 is 1.79 bits per heavy atom. The van der Waals surface area contributed by atoms with Gasteiger partial charge in [0.25, 0.3) is 11.8 Å². The van der Waals surface area contributed by atoms with E-state index in [2.05, 4.69) is 21.2 Å². The summed E-state index contributed by atoms with van der Waals surface area (Å²) in [5, 5.41) is 2.61. The predicted octanol–water partition coefficient (Wildman–Crippen LogP) is 4.87. The van der Waals surface area contributed by atoms with Crippen molar-refractivity contribution in [2.75, 3.05) is 12.0 Å². The molecule has 3 aromatic rings. The number of hydrogen-bond donors (Lipinski definition) is 1. The summed E-state index contributed by atoms with van der Waals surface area (Å²) in [6.45, 7) is 0.386. The number of benzene rings is 3. The first-order valence-corrected chi connectivity index (χ1v) is 11.2. The van der Waals surface area contributed by atoms with Crippen LogP contribution < -0.4 is 19.7 Å². The summed E-state index contributed by atoms with van der Waals surface area (Å²) in [6.07, 6.45) is 1.51. The largest absolute Gasteiger partial charge is 0.493 e. The van der Waals surface area contributed by atoms with Gasteiger partial charge in [-0.15, -0.1) is 0 Å². The van der Waals surface area contributed by atoms with Crippen molar-refractivity contribution in [3.05, 3.63) is 94.0 Å². The van der Waals surface area contributed by atoms with Gasteiger partial charge in [-0.1, -0.05) is 58.4 Å². The molecule has 0 aliphatic carbocycles. The van der Waals surface area contributed by atoms with E-state index in [4.69, 9.17) is 21.7 Å². The van der Waals surface area contributed by atoms with Crippen LogP contribution in [0.15, 0.2) is 82.8 Å². The lowest BCUT2D eigenvalue weighted by Crippen LogP contribution is -2.54. The van der Waals surface area contributed by atoms with Gasteiger partial charge in [-0.3, -0.25) is 19.8 Å². The zero-order valence-corrected chi connectivity index (χ0v) is 20.0. The molecule has 0 atom stereocenters. The first-order valence-electron chi connectivity index (χ1n) is 9.98. The molecule has 2 amide bonds. The molecule has 1 aliphatic rings. The van der Waals surface area contributed by atoms with E-state index in [0.29, 0.717) is 29.4 Å². The summed E-state index contributed by atoms with van der Waals surface area (Å²) in [5.74, 6) is -0.0204. The highest BCUT2D eigenvalue weighted by atomic mass is 79.9. The highest BCUT2D eigenvalue weighted by Gasteiger charge is 2.34. The van der Waals surface area contributed by atoms with Crippen LogP contribution in [-0.2, 0) is 16.2 Å². The van der Waals surface area contributed by atoms with Gasteiger partial charge in [-0.05, 0) is 59.8 Å². The van der Waals surface area contributed by atoms with Gasteiger partial charge < -0.3 is 9.47 Å². The van der Waals surface area contributed by atoms with Crippen molar-refractivity contribution >= 4 is 56.8 Å². The normalized spacial score (nSPS) is 14.9. The average Bonchev–Trinajstić information content (AvgIpc) is 2.81. The maximum Gasteiger partial charge on any atom is 0.270 e. The fourth-order valence-corrected chi connectivity index (χ4v) is 3.97. The van der Waals surface area contributed by atoms with Crippen LogP contribution in [0.25, 0.3) is 6.08 Å². The molecule has 3 aromatic carbocycles. The van der Waals surface area contributed by atoms with Crippen molar-refractivity contribution in [2.45, 2.75) is 6.61 Å². The second-order valence-electron chi connectivity index (χ2n) is 7.12. The van der Waals surface area contributed by atoms with Gasteiger partial charge >= 0.3 is 0 Å². The Kier molecular flexibility index (Phi) is 6.86. The van der Waals surface area contributed by atoms with Crippen LogP contribution in [0.5, 0.6) is 11.5 Å². The lowest BCUT2D eigenvalue weighted by atomic mass is 10.1. The molecular weight excluding hydrogens is 504 g/mol. The van der Waals surface area contributed by atoms with E-state index < -0.39 is 11.8 Å². The number of amides is 2. The van der Waals surface area contributed by atoms with E-state index in [0.717, 1.165) is 10.0 Å². The molecule has 1 heterocycles. The van der Waals surface area contributed by atoms with E-state index in [-0.39, 0.29) is 10.7 Å². The molecule has 166 valence electrons. The number of rotatable bonds is 6. The van der Waals surface area contributed by atoms with Crippen molar-refractivity contribution in [2.24, 2.45) is 0 Å². The van der Waals surface area contributed by atoms with Gasteiger partial charge in [0.15, 0.2) is 16.6 Å². The average molecular weight is 523 g/mol. The number of hydrogen-bond acceptors (Lipinski definition) is 5. The van der Waals surface area contributed by atoms with E-state index in [1.807, 2.05) is 36.4 Å². The summed E-state index contributed by atoms with van der Waals surface area (Å²) in [7, 11) is 1.54. The molecule has 4 rings (SSSR count). The molecule has 1 N–H and O–H groups in total. The summed E-state index contributed by atoms with van der Waals surface area (Å²) in [5.41, 5.74) is 2.15. The molecule has 0 unspecified atom stereocenters. The third-order valence-corrected chi connectivity index (χ3v) is 5.68. The molecule has 33 heavy (non-hydrogen) atoms. The number of nitrogens with one attached hydrogen (secondary N) is 1. The van der Waals surface area contributed by atoms with Crippen molar-refractivity contribution in [3.63, 3.8) is 0 Å². The third kappa shape index (κ3) is 5.13. The highest BCUT2D eigenvalue weighted by Crippen LogP contribution is 2.31. The Morgan fingerprint density at radius 1 is 1.00 bits per heavy atom. The molecule has 0 radical (unpaired) electrons. The topological polar surface area (TPSA) is 67.9 Å². The predicted molar refractivity (Wildman–Crippen MR) is 134 cm³/mol. The van der Waals surface area contributed by atoms with Gasteiger partial charge in [0.05, 0.1) is 12.8 Å². The minimum atomic E-state index is -0.556. The van der Waals surface area contributed by atoms with E-state index in [1.165, 1.54) is 18.1 Å². The highest BCUT2D eigenvalue weighted by molar-refractivity contribution is 9.10. The third-order valence-electron chi connectivity index (χ3n) is 4.90. The maximum absolute atomic E-state index is 13.2. The zero-order valence-electron chi connectivity index (χ0n) is 17.6. The molecule has 8 heteroatoms. The minimum Gasteiger partial charge on any atom is -0.493 e. The van der Waals surface area contributed by atoms with Crippen molar-refractivity contribution in [3.8, 4) is 11.5 Å². The van der Waals surface area contributed by atoms with Gasteiger partial charge in [0, 0.05) is 4.47 Å². The Morgan fingerprint density at radius 3 is 2.52 bits per heavy atom. The van der Waals surface area contributed by atoms with Crippen LogP contribution in [0.1, 0.15) is 11.1 Å². The Labute approximate surface area is 204 Å². The molecule has 0 bridgehead atoms. The first-order chi connectivity index (χ1) is 16.0. The lowest BCUT2D eigenvalue weighted by molar-refractivity contribution is -0.122. The molecule has 0 spiro atoms. The van der Waals surface area contributed by atoms with Crippen molar-refractivity contribution in [1.82, 2.24) is 5.32 Å². The molecule has 0 aromatic heterocycles. The van der Waals surface area contributed by atoms with Crippen LogP contribution >= 0.6 is 28.1 Å². The number of nitrogens with zero attached hydrogens (tertiary/aromatic N) is 1. The molecule has 1 aliphatic heterocycles. The first kappa shape index (κ1) is 22.7. The number of carbonyl (C=O) groups is 2. The smallest absolute Gasteiger partial charge is 0.270 e. The van der Waals surface area contributed by atoms with Gasteiger partial charge in [-0.25, -0.2) is 0 Å². The summed E-state index contributed by atoms with van der Waals surface area (Å²) in [4.78, 5) is 27.0. The summed E-state index contributed by atoms with van der Waals surface area (Å²) in [6, 6.07) is 22.1. The maximum atomic E-state index is 13.2. The SMILES string of the molecule is COc1cc(/C=C2\C(=O)NC(=S)N(c3cccc(Br)c3)C2=O)ccc1OCc1ccccc1. The van der Waals surface area contributed by atoms with Gasteiger partial charge in [0.2, 0.25) is 0 Å². The fraction of sp³-hybridized carbons (Fsp3) is 0.0800. The second-order valence-corrected chi connectivity index (χ2v) is 8.42. The number of halogens is 1. The van der Waals surface area contributed by atoms with Crippen LogP contribution in [0.4, 0.5) is 5.69 Å². The van der Waals surface area contributed by atoms with Gasteiger partial charge in [-0.2, -0.15) is 0 Å². The minimum absolute atomic E-state index is 0.0301. The van der Waals surface area contributed by atoms with E-state index in [9.17, 15) is 9.59 Å². The standard InChI is InChI=1S/C25H19BrN2O4S/c1-31-22-13-17(10-11-21(22)32-15-16-6-3-2-4-7-16)12-20-23(29)27-25(33)28(24(20)30)19-9-5-8-18(26)14-19/h2-14H,15H2,1H3,(H,27,29,33)/b20-12+. The number of methoxy groups -OCH3 is 1.